The van der Waals surface area contributed by atoms with Gasteiger partial charge in [-0.3, -0.25) is 0 Å². The number of methoxy groups -OCH3 is 1. The van der Waals surface area contributed by atoms with Crippen LogP contribution in [0.5, 0.6) is 5.75 Å². The number of rotatable bonds is 4. The molecule has 0 aliphatic carbocycles. The SMILES string of the molecule is CCOC(=O)N1c2ccc(OC)cc2C=CC1OCC. The molecule has 0 N–H and O–H groups in total. The van der Waals surface area contributed by atoms with E-state index < -0.39 is 12.3 Å². The van der Waals surface area contributed by atoms with Crippen LogP contribution in [0.4, 0.5) is 10.5 Å². The third-order valence-electron chi connectivity index (χ3n) is 2.99. The van der Waals surface area contributed by atoms with E-state index >= 15 is 0 Å². The molecule has 1 aromatic carbocycles. The number of ether oxygens (including phenoxy) is 3. The summed E-state index contributed by atoms with van der Waals surface area (Å²) in [6, 6.07) is 5.52. The van der Waals surface area contributed by atoms with Crippen molar-refractivity contribution < 1.29 is 19.0 Å². The Morgan fingerprint density at radius 2 is 2.10 bits per heavy atom. The molecular weight excluding hydrogens is 258 g/mol. The first-order valence-corrected chi connectivity index (χ1v) is 6.65. The van der Waals surface area contributed by atoms with Crippen molar-refractivity contribution in [2.45, 2.75) is 20.1 Å². The molecule has 1 unspecified atom stereocenters. The minimum atomic E-state index is -0.444. The Morgan fingerprint density at radius 1 is 1.30 bits per heavy atom. The van der Waals surface area contributed by atoms with Crippen LogP contribution in [0.25, 0.3) is 6.08 Å². The van der Waals surface area contributed by atoms with E-state index in [1.54, 1.807) is 14.0 Å². The van der Waals surface area contributed by atoms with Crippen molar-refractivity contribution in [3.8, 4) is 5.75 Å². The molecule has 0 radical (unpaired) electrons. The number of carbonyl (C=O) groups excluding carboxylic acids is 1. The first kappa shape index (κ1) is 14.4. The molecule has 1 atom stereocenters. The number of fused-ring (bicyclic) bond motifs is 1. The lowest BCUT2D eigenvalue weighted by Crippen LogP contribution is -2.43. The van der Waals surface area contributed by atoms with Crippen molar-refractivity contribution in [2.75, 3.05) is 25.2 Å². The lowest BCUT2D eigenvalue weighted by Gasteiger charge is -2.32. The number of anilines is 1. The summed E-state index contributed by atoms with van der Waals surface area (Å²) < 4.78 is 15.9. The normalized spacial score (nSPS) is 16.8. The Bertz CT molecular complexity index is 513. The van der Waals surface area contributed by atoms with Gasteiger partial charge in [-0.05, 0) is 38.1 Å². The predicted molar refractivity (Wildman–Crippen MR) is 76.9 cm³/mol. The summed E-state index contributed by atoms with van der Waals surface area (Å²) >= 11 is 0. The number of hydrogen-bond donors (Lipinski definition) is 0. The molecule has 108 valence electrons. The highest BCUT2D eigenvalue weighted by Crippen LogP contribution is 2.32. The molecule has 5 nitrogen and oxygen atoms in total. The maximum atomic E-state index is 12.2. The van der Waals surface area contributed by atoms with Gasteiger partial charge < -0.3 is 14.2 Å². The van der Waals surface area contributed by atoms with Crippen LogP contribution < -0.4 is 9.64 Å². The zero-order chi connectivity index (χ0) is 14.5. The van der Waals surface area contributed by atoms with Crippen LogP contribution in [0.15, 0.2) is 24.3 Å². The Labute approximate surface area is 118 Å². The van der Waals surface area contributed by atoms with Crippen LogP contribution in [0.1, 0.15) is 19.4 Å². The molecule has 1 aromatic rings. The molecule has 20 heavy (non-hydrogen) atoms. The average molecular weight is 277 g/mol. The summed E-state index contributed by atoms with van der Waals surface area (Å²) in [5.41, 5.74) is 1.65. The fourth-order valence-corrected chi connectivity index (χ4v) is 2.12. The second kappa shape index (κ2) is 6.43. The van der Waals surface area contributed by atoms with Gasteiger partial charge in [-0.1, -0.05) is 6.08 Å². The number of benzene rings is 1. The fourth-order valence-electron chi connectivity index (χ4n) is 2.12. The quantitative estimate of drug-likeness (QED) is 0.848. The smallest absolute Gasteiger partial charge is 0.416 e. The molecule has 1 amide bonds. The van der Waals surface area contributed by atoms with Crippen molar-refractivity contribution in [2.24, 2.45) is 0 Å². The molecule has 0 spiro atoms. The molecule has 0 saturated carbocycles. The molecular formula is C15H19NO4. The summed E-state index contributed by atoms with van der Waals surface area (Å²) in [7, 11) is 1.61. The van der Waals surface area contributed by atoms with E-state index in [1.807, 2.05) is 37.3 Å². The van der Waals surface area contributed by atoms with Crippen molar-refractivity contribution in [3.05, 3.63) is 29.8 Å². The molecule has 2 rings (SSSR count). The summed E-state index contributed by atoms with van der Waals surface area (Å²) in [6.45, 7) is 4.50. The Hall–Kier alpha value is -2.01. The van der Waals surface area contributed by atoms with Gasteiger partial charge in [-0.2, -0.15) is 0 Å². The number of nitrogens with zero attached hydrogens (tertiary/aromatic N) is 1. The van der Waals surface area contributed by atoms with Gasteiger partial charge >= 0.3 is 6.09 Å². The third-order valence-corrected chi connectivity index (χ3v) is 2.99. The van der Waals surface area contributed by atoms with Crippen LogP contribution in [-0.2, 0) is 9.47 Å². The first-order chi connectivity index (χ1) is 9.71. The summed E-state index contributed by atoms with van der Waals surface area (Å²) in [6.07, 6.45) is 2.90. The first-order valence-electron chi connectivity index (χ1n) is 6.65. The lowest BCUT2D eigenvalue weighted by molar-refractivity contribution is 0.0830. The fraction of sp³-hybridized carbons (Fsp3) is 0.400. The zero-order valence-corrected chi connectivity index (χ0v) is 12.0. The number of hydrogen-bond acceptors (Lipinski definition) is 4. The standard InChI is InChI=1S/C15H19NO4/c1-4-19-14-9-6-11-10-12(18-3)7-8-13(11)16(14)15(17)20-5-2/h6-10,14H,4-5H2,1-3H3. The monoisotopic (exact) mass is 277 g/mol. The molecule has 1 heterocycles. The van der Waals surface area contributed by atoms with Crippen LogP contribution in [0.2, 0.25) is 0 Å². The van der Waals surface area contributed by atoms with Gasteiger partial charge in [-0.25, -0.2) is 9.69 Å². The maximum Gasteiger partial charge on any atom is 0.416 e. The number of amides is 1. The van der Waals surface area contributed by atoms with E-state index in [-0.39, 0.29) is 0 Å². The van der Waals surface area contributed by atoms with E-state index in [9.17, 15) is 4.79 Å². The molecule has 1 aliphatic rings. The van der Waals surface area contributed by atoms with Crippen molar-refractivity contribution >= 4 is 17.9 Å². The van der Waals surface area contributed by atoms with E-state index in [4.69, 9.17) is 14.2 Å². The van der Waals surface area contributed by atoms with E-state index in [1.165, 1.54) is 4.90 Å². The van der Waals surface area contributed by atoms with Crippen LogP contribution in [0, 0.1) is 0 Å². The average Bonchev–Trinajstić information content (AvgIpc) is 2.47. The van der Waals surface area contributed by atoms with Crippen LogP contribution >= 0.6 is 0 Å². The van der Waals surface area contributed by atoms with Crippen LogP contribution in [0.3, 0.4) is 0 Å². The van der Waals surface area contributed by atoms with Gasteiger partial charge in [0.25, 0.3) is 0 Å². The topological polar surface area (TPSA) is 48.0 Å². The minimum absolute atomic E-state index is 0.323. The predicted octanol–water partition coefficient (Wildman–Crippen LogP) is 3.05. The molecule has 1 aliphatic heterocycles. The van der Waals surface area contributed by atoms with E-state index in [0.29, 0.717) is 13.2 Å². The van der Waals surface area contributed by atoms with Gasteiger partial charge in [0, 0.05) is 12.2 Å². The molecule has 0 saturated heterocycles. The Kier molecular flexibility index (Phi) is 4.63. The second-order valence-corrected chi connectivity index (χ2v) is 4.20. The van der Waals surface area contributed by atoms with Gasteiger partial charge in [0.05, 0.1) is 19.4 Å². The summed E-state index contributed by atoms with van der Waals surface area (Å²) in [5.74, 6) is 0.743. The molecule has 0 fully saturated rings. The highest BCUT2D eigenvalue weighted by molar-refractivity contribution is 5.93. The number of carbonyl (C=O) groups is 1. The van der Waals surface area contributed by atoms with Gasteiger partial charge in [0.2, 0.25) is 0 Å². The van der Waals surface area contributed by atoms with E-state index in [0.717, 1.165) is 17.0 Å². The van der Waals surface area contributed by atoms with Gasteiger partial charge in [0.1, 0.15) is 5.75 Å². The highest BCUT2D eigenvalue weighted by Gasteiger charge is 2.29. The van der Waals surface area contributed by atoms with Gasteiger partial charge in [0.15, 0.2) is 6.23 Å². The third kappa shape index (κ3) is 2.77. The summed E-state index contributed by atoms with van der Waals surface area (Å²) in [5, 5.41) is 0. The van der Waals surface area contributed by atoms with E-state index in [2.05, 4.69) is 0 Å². The molecule has 0 bridgehead atoms. The lowest BCUT2D eigenvalue weighted by atomic mass is 10.1. The molecule has 0 aromatic heterocycles. The summed E-state index contributed by atoms with van der Waals surface area (Å²) in [4.78, 5) is 13.7. The Morgan fingerprint density at radius 3 is 2.75 bits per heavy atom. The van der Waals surface area contributed by atoms with Gasteiger partial charge in [-0.15, -0.1) is 0 Å². The van der Waals surface area contributed by atoms with Crippen LogP contribution in [-0.4, -0.2) is 32.6 Å². The largest absolute Gasteiger partial charge is 0.497 e. The van der Waals surface area contributed by atoms with Crippen molar-refractivity contribution in [1.82, 2.24) is 0 Å². The Balaban J connectivity index is 2.39. The second-order valence-electron chi connectivity index (χ2n) is 4.20. The molecule has 5 heteroatoms. The zero-order valence-electron chi connectivity index (χ0n) is 12.0. The van der Waals surface area contributed by atoms with Crippen molar-refractivity contribution in [3.63, 3.8) is 0 Å². The van der Waals surface area contributed by atoms with Crippen molar-refractivity contribution in [1.29, 1.82) is 0 Å². The minimum Gasteiger partial charge on any atom is -0.497 e. The maximum absolute atomic E-state index is 12.2. The highest BCUT2D eigenvalue weighted by atomic mass is 16.6.